The van der Waals surface area contributed by atoms with E-state index in [1.165, 1.54) is 24.3 Å². The molecule has 0 atom stereocenters. The molecule has 2 aliphatic heterocycles. The molecule has 6 heteroatoms. The highest BCUT2D eigenvalue weighted by atomic mass is 35.5. The van der Waals surface area contributed by atoms with Crippen molar-refractivity contribution in [2.75, 3.05) is 0 Å². The largest absolute Gasteiger partial charge is 0.327 e. The molecule has 2 aromatic carbocycles. The average Bonchev–Trinajstić information content (AvgIpc) is 2.78. The molecule has 0 bridgehead atoms. The number of rotatable bonds is 1. The van der Waals surface area contributed by atoms with Gasteiger partial charge in [0.2, 0.25) is 0 Å². The van der Waals surface area contributed by atoms with Gasteiger partial charge in [-0.3, -0.25) is 4.79 Å². The third kappa shape index (κ3) is 3.21. The molecule has 0 aliphatic carbocycles. The van der Waals surface area contributed by atoms with Crippen LogP contribution < -0.4 is 0 Å². The number of benzene rings is 2. The Balaban J connectivity index is 1.80. The van der Waals surface area contributed by atoms with Crippen molar-refractivity contribution in [3.63, 3.8) is 0 Å². The molecular formula is C20H13ClFN3O. The molecule has 0 fully saturated rings. The first kappa shape index (κ1) is 16.4. The molecule has 2 aliphatic rings. The van der Waals surface area contributed by atoms with E-state index in [9.17, 15) is 9.18 Å². The molecule has 26 heavy (non-hydrogen) atoms. The fourth-order valence-corrected chi connectivity index (χ4v) is 2.98. The maximum Gasteiger partial charge on any atom is 0.279 e. The summed E-state index contributed by atoms with van der Waals surface area (Å²) in [4.78, 5) is 23.2. The summed E-state index contributed by atoms with van der Waals surface area (Å²) in [6.07, 6.45) is 5.32. The molecule has 2 heterocycles. The van der Waals surface area contributed by atoms with Crippen LogP contribution in [0.25, 0.3) is 0 Å². The molecule has 0 saturated heterocycles. The lowest BCUT2D eigenvalue weighted by molar-refractivity contribution is 0.100. The first-order valence-corrected chi connectivity index (χ1v) is 8.35. The fraction of sp³-hybridized carbons (Fsp3) is 0.0500. The number of nitrogens with zero attached hydrogens (tertiary/aromatic N) is 3. The predicted molar refractivity (Wildman–Crippen MR) is 99.8 cm³/mol. The summed E-state index contributed by atoms with van der Waals surface area (Å²) in [5.41, 5.74) is 2.07. The number of carbonyl (C=O) groups is 1. The summed E-state index contributed by atoms with van der Waals surface area (Å²) in [6, 6.07) is 12.9. The topological polar surface area (TPSA) is 45.0 Å². The molecule has 2 aromatic rings. The summed E-state index contributed by atoms with van der Waals surface area (Å²) in [6.45, 7) is 0.569. The molecule has 0 saturated carbocycles. The van der Waals surface area contributed by atoms with Crippen LogP contribution in [0.2, 0.25) is 0 Å². The lowest BCUT2D eigenvalue weighted by Gasteiger charge is -2.21. The Kier molecular flexibility index (Phi) is 4.22. The number of aliphatic imine (C=N–C) groups is 2. The van der Waals surface area contributed by atoms with Gasteiger partial charge in [-0.1, -0.05) is 35.9 Å². The molecule has 0 N–H and O–H groups in total. The van der Waals surface area contributed by atoms with E-state index in [0.717, 1.165) is 11.1 Å². The van der Waals surface area contributed by atoms with E-state index < -0.39 is 11.7 Å². The maximum atomic E-state index is 13.1. The normalized spacial score (nSPS) is 17.2. The van der Waals surface area contributed by atoms with E-state index in [4.69, 9.17) is 11.6 Å². The van der Waals surface area contributed by atoms with Gasteiger partial charge in [0.05, 0.1) is 5.03 Å². The van der Waals surface area contributed by atoms with Crippen LogP contribution in [0.4, 0.5) is 4.39 Å². The maximum absolute atomic E-state index is 13.1. The van der Waals surface area contributed by atoms with E-state index in [-0.39, 0.29) is 0 Å². The molecule has 0 aromatic heterocycles. The second-order valence-electron chi connectivity index (χ2n) is 5.85. The summed E-state index contributed by atoms with van der Waals surface area (Å²) in [7, 11) is 0. The average molecular weight is 366 g/mol. The minimum absolute atomic E-state index is 0.305. The van der Waals surface area contributed by atoms with Crippen LogP contribution in [-0.4, -0.2) is 22.5 Å². The number of halogens is 2. The van der Waals surface area contributed by atoms with Gasteiger partial charge >= 0.3 is 0 Å². The van der Waals surface area contributed by atoms with Gasteiger partial charge in [0.1, 0.15) is 11.7 Å². The van der Waals surface area contributed by atoms with E-state index in [0.29, 0.717) is 28.8 Å². The highest BCUT2D eigenvalue weighted by Gasteiger charge is 2.21. The van der Waals surface area contributed by atoms with Gasteiger partial charge in [0.25, 0.3) is 5.91 Å². The van der Waals surface area contributed by atoms with Gasteiger partial charge in [-0.05, 0) is 42.0 Å². The number of amides is 1. The lowest BCUT2D eigenvalue weighted by Crippen LogP contribution is -2.25. The van der Waals surface area contributed by atoms with Crippen LogP contribution in [0, 0.1) is 5.82 Å². The van der Waals surface area contributed by atoms with Crippen molar-refractivity contribution in [2.24, 2.45) is 9.98 Å². The Morgan fingerprint density at radius 1 is 1.12 bits per heavy atom. The standard InChI is InChI=1S/C20H13ClFN3O/c21-15-7-10-18-23-19(24-20(26)13-5-8-16(22)9-6-13)17-4-2-1-3-14(17)11-25(18)12-15/h1-10,12H,11H2. The Labute approximate surface area is 154 Å². The van der Waals surface area contributed by atoms with E-state index in [2.05, 4.69) is 9.98 Å². The second-order valence-corrected chi connectivity index (χ2v) is 6.29. The molecule has 0 radical (unpaired) electrons. The van der Waals surface area contributed by atoms with Crippen LogP contribution >= 0.6 is 11.6 Å². The molecule has 1 amide bonds. The Morgan fingerprint density at radius 2 is 1.88 bits per heavy atom. The van der Waals surface area contributed by atoms with Crippen molar-refractivity contribution in [3.05, 3.63) is 94.4 Å². The summed E-state index contributed by atoms with van der Waals surface area (Å²) < 4.78 is 13.1. The summed E-state index contributed by atoms with van der Waals surface area (Å²) >= 11 is 6.09. The molecule has 4 rings (SSSR count). The lowest BCUT2D eigenvalue weighted by atomic mass is 10.1. The van der Waals surface area contributed by atoms with Gasteiger partial charge in [-0.2, -0.15) is 4.99 Å². The second kappa shape index (κ2) is 6.69. The fourth-order valence-electron chi connectivity index (χ4n) is 2.80. The molecular weight excluding hydrogens is 353 g/mol. The van der Waals surface area contributed by atoms with Crippen molar-refractivity contribution in [1.82, 2.24) is 4.90 Å². The van der Waals surface area contributed by atoms with Crippen LogP contribution in [0.15, 0.2) is 81.9 Å². The molecule has 4 nitrogen and oxygen atoms in total. The van der Waals surface area contributed by atoms with Gasteiger partial charge in [-0.25, -0.2) is 9.38 Å². The third-order valence-corrected chi connectivity index (χ3v) is 4.31. The quantitative estimate of drug-likeness (QED) is 0.757. The smallest absolute Gasteiger partial charge is 0.279 e. The van der Waals surface area contributed by atoms with Crippen LogP contribution in [0.5, 0.6) is 0 Å². The highest BCUT2D eigenvalue weighted by molar-refractivity contribution is 6.32. The Hall–Kier alpha value is -3.05. The van der Waals surface area contributed by atoms with Crippen LogP contribution in [-0.2, 0) is 6.54 Å². The first-order chi connectivity index (χ1) is 12.6. The zero-order valence-electron chi connectivity index (χ0n) is 13.6. The zero-order valence-corrected chi connectivity index (χ0v) is 14.3. The van der Waals surface area contributed by atoms with E-state index in [1.54, 1.807) is 18.4 Å². The number of hydrogen-bond donors (Lipinski definition) is 0. The highest BCUT2D eigenvalue weighted by Crippen LogP contribution is 2.23. The first-order valence-electron chi connectivity index (χ1n) is 7.98. The van der Waals surface area contributed by atoms with Crippen molar-refractivity contribution in [2.45, 2.75) is 6.54 Å². The van der Waals surface area contributed by atoms with Crippen molar-refractivity contribution >= 4 is 29.2 Å². The minimum Gasteiger partial charge on any atom is -0.327 e. The number of hydrogen-bond acceptors (Lipinski definition) is 2. The molecule has 128 valence electrons. The predicted octanol–water partition coefficient (Wildman–Crippen LogP) is 4.28. The number of fused-ring (bicyclic) bond motifs is 2. The molecule has 0 unspecified atom stereocenters. The summed E-state index contributed by atoms with van der Waals surface area (Å²) in [5, 5.41) is 0.601. The van der Waals surface area contributed by atoms with Gasteiger partial charge in [-0.15, -0.1) is 0 Å². The van der Waals surface area contributed by atoms with E-state index in [1.807, 2.05) is 29.2 Å². The van der Waals surface area contributed by atoms with Crippen LogP contribution in [0.1, 0.15) is 21.5 Å². The Morgan fingerprint density at radius 3 is 2.69 bits per heavy atom. The number of allylic oxidation sites excluding steroid dienone is 2. The van der Waals surface area contributed by atoms with E-state index >= 15 is 0 Å². The van der Waals surface area contributed by atoms with Gasteiger partial charge < -0.3 is 4.90 Å². The van der Waals surface area contributed by atoms with Gasteiger partial charge in [0, 0.05) is 23.9 Å². The molecule has 0 spiro atoms. The van der Waals surface area contributed by atoms with Gasteiger partial charge in [0.15, 0.2) is 5.84 Å². The van der Waals surface area contributed by atoms with Crippen LogP contribution in [0.3, 0.4) is 0 Å². The monoisotopic (exact) mass is 365 g/mol. The SMILES string of the molecule is O=C(N=C1N=C2C=CC(Cl)=CN2Cc2ccccc21)c1ccc(F)cc1. The van der Waals surface area contributed by atoms with Crippen molar-refractivity contribution in [3.8, 4) is 0 Å². The number of amidine groups is 2. The Bertz CT molecular complexity index is 1010. The third-order valence-electron chi connectivity index (χ3n) is 4.08. The van der Waals surface area contributed by atoms with Crippen molar-refractivity contribution < 1.29 is 9.18 Å². The minimum atomic E-state index is -0.471. The van der Waals surface area contributed by atoms with Crippen molar-refractivity contribution in [1.29, 1.82) is 0 Å². The number of carbonyl (C=O) groups excluding carboxylic acids is 1. The summed E-state index contributed by atoms with van der Waals surface area (Å²) in [5.74, 6) is 0.0987. The zero-order chi connectivity index (χ0) is 18.1.